The Hall–Kier alpha value is -2.02. The van der Waals surface area contributed by atoms with Gasteiger partial charge in [0, 0.05) is 29.7 Å². The van der Waals surface area contributed by atoms with Crippen LogP contribution in [0.1, 0.15) is 25.0 Å². The summed E-state index contributed by atoms with van der Waals surface area (Å²) in [5.41, 5.74) is 0. The Bertz CT molecular complexity index is 658. The number of aryl methyl sites for hydroxylation is 1. The van der Waals surface area contributed by atoms with E-state index >= 15 is 0 Å². The minimum absolute atomic E-state index is 0.166. The van der Waals surface area contributed by atoms with Crippen LogP contribution in [0.25, 0.3) is 0 Å². The first-order valence-corrected chi connectivity index (χ1v) is 8.74. The van der Waals surface area contributed by atoms with Gasteiger partial charge >= 0.3 is 6.03 Å². The minimum Gasteiger partial charge on any atom is -0.337 e. The summed E-state index contributed by atoms with van der Waals surface area (Å²) in [6.07, 6.45) is 2.09. The molecule has 122 valence electrons. The van der Waals surface area contributed by atoms with Crippen molar-refractivity contribution in [1.29, 1.82) is 0 Å². The molecule has 0 saturated carbocycles. The molecule has 0 radical (unpaired) electrons. The number of urea groups is 1. The van der Waals surface area contributed by atoms with Crippen molar-refractivity contribution in [2.45, 2.75) is 43.0 Å². The third kappa shape index (κ3) is 4.25. The van der Waals surface area contributed by atoms with E-state index in [0.29, 0.717) is 18.3 Å². The largest absolute Gasteiger partial charge is 0.337 e. The topological polar surface area (TPSA) is 71.8 Å². The summed E-state index contributed by atoms with van der Waals surface area (Å²) in [5.74, 6) is 1.86. The van der Waals surface area contributed by atoms with Crippen molar-refractivity contribution in [2.75, 3.05) is 6.54 Å². The third-order valence-corrected chi connectivity index (χ3v) is 4.84. The minimum atomic E-state index is -0.166. The number of carbonyl (C=O) groups excluding carboxylic acids is 1. The van der Waals surface area contributed by atoms with Crippen LogP contribution in [0.15, 0.2) is 35.2 Å². The molecule has 1 aromatic carbocycles. The second kappa shape index (κ2) is 7.50. The summed E-state index contributed by atoms with van der Waals surface area (Å²) >= 11 is 1.75. The van der Waals surface area contributed by atoms with E-state index in [4.69, 9.17) is 0 Å². The number of hydrogen-bond acceptors (Lipinski definition) is 4. The zero-order valence-electron chi connectivity index (χ0n) is 13.2. The van der Waals surface area contributed by atoms with Gasteiger partial charge in [0.1, 0.15) is 5.82 Å². The zero-order chi connectivity index (χ0) is 16.1. The molecule has 0 bridgehead atoms. The lowest BCUT2D eigenvalue weighted by molar-refractivity contribution is 0.240. The van der Waals surface area contributed by atoms with Crippen molar-refractivity contribution in [1.82, 2.24) is 25.4 Å². The highest BCUT2D eigenvalue weighted by molar-refractivity contribution is 8.00. The first kappa shape index (κ1) is 15.9. The predicted octanol–water partition coefficient (Wildman–Crippen LogP) is 2.20. The number of rotatable bonds is 6. The normalized spacial score (nSPS) is 14.3. The summed E-state index contributed by atoms with van der Waals surface area (Å²) in [6.45, 7) is 4.08. The van der Waals surface area contributed by atoms with Gasteiger partial charge in [0.05, 0.1) is 6.54 Å². The molecule has 0 unspecified atom stereocenters. The number of thioether (sulfide) groups is 1. The highest BCUT2D eigenvalue weighted by Crippen LogP contribution is 2.21. The Morgan fingerprint density at radius 2 is 2.13 bits per heavy atom. The molecule has 2 amide bonds. The van der Waals surface area contributed by atoms with Crippen molar-refractivity contribution in [3.05, 3.63) is 42.0 Å². The SMILES string of the molecule is C[C@H](CNC(=O)NCc1nnc2n1CCC2)Sc1ccccc1. The quantitative estimate of drug-likeness (QED) is 0.796. The molecule has 23 heavy (non-hydrogen) atoms. The molecule has 0 saturated heterocycles. The van der Waals surface area contributed by atoms with E-state index in [2.05, 4.69) is 44.5 Å². The van der Waals surface area contributed by atoms with E-state index in [9.17, 15) is 4.79 Å². The molecule has 1 aromatic heterocycles. The second-order valence-corrected chi connectivity index (χ2v) is 7.10. The predicted molar refractivity (Wildman–Crippen MR) is 90.3 cm³/mol. The van der Waals surface area contributed by atoms with Gasteiger partial charge in [-0.3, -0.25) is 0 Å². The molecule has 6 nitrogen and oxygen atoms in total. The summed E-state index contributed by atoms with van der Waals surface area (Å²) < 4.78 is 2.09. The molecule has 0 aliphatic carbocycles. The number of benzene rings is 1. The maximum atomic E-state index is 11.9. The third-order valence-electron chi connectivity index (χ3n) is 3.72. The van der Waals surface area contributed by atoms with Crippen LogP contribution in [0, 0.1) is 0 Å². The van der Waals surface area contributed by atoms with Gasteiger partial charge in [0.25, 0.3) is 0 Å². The maximum Gasteiger partial charge on any atom is 0.315 e. The van der Waals surface area contributed by atoms with Gasteiger partial charge in [0.15, 0.2) is 5.82 Å². The fourth-order valence-corrected chi connectivity index (χ4v) is 3.52. The Labute approximate surface area is 140 Å². The summed E-state index contributed by atoms with van der Waals surface area (Å²) in [4.78, 5) is 13.1. The molecule has 1 atom stereocenters. The first-order valence-electron chi connectivity index (χ1n) is 7.87. The van der Waals surface area contributed by atoms with Crippen molar-refractivity contribution >= 4 is 17.8 Å². The van der Waals surface area contributed by atoms with Crippen LogP contribution in [-0.4, -0.2) is 32.6 Å². The molecule has 1 aliphatic rings. The van der Waals surface area contributed by atoms with Crippen molar-refractivity contribution < 1.29 is 4.79 Å². The molecule has 2 heterocycles. The Morgan fingerprint density at radius 1 is 1.30 bits per heavy atom. The van der Waals surface area contributed by atoms with Gasteiger partial charge in [-0.1, -0.05) is 25.1 Å². The fraction of sp³-hybridized carbons (Fsp3) is 0.438. The summed E-state index contributed by atoms with van der Waals surface area (Å²) in [5, 5.41) is 14.3. The lowest BCUT2D eigenvalue weighted by Crippen LogP contribution is -2.38. The number of amides is 2. The number of aromatic nitrogens is 3. The van der Waals surface area contributed by atoms with Crippen LogP contribution in [0.5, 0.6) is 0 Å². The van der Waals surface area contributed by atoms with Gasteiger partial charge < -0.3 is 15.2 Å². The van der Waals surface area contributed by atoms with Crippen molar-refractivity contribution in [3.63, 3.8) is 0 Å². The summed E-state index contributed by atoms with van der Waals surface area (Å²) in [6, 6.07) is 10.0. The van der Waals surface area contributed by atoms with E-state index in [-0.39, 0.29) is 6.03 Å². The van der Waals surface area contributed by atoms with E-state index in [0.717, 1.165) is 31.0 Å². The van der Waals surface area contributed by atoms with Gasteiger partial charge in [-0.05, 0) is 18.6 Å². The molecule has 2 aromatic rings. The molecule has 1 aliphatic heterocycles. The van der Waals surface area contributed by atoms with Gasteiger partial charge in [-0.25, -0.2) is 4.79 Å². The molecule has 7 heteroatoms. The van der Waals surface area contributed by atoms with Crippen LogP contribution in [0.3, 0.4) is 0 Å². The van der Waals surface area contributed by atoms with Crippen molar-refractivity contribution in [2.24, 2.45) is 0 Å². The monoisotopic (exact) mass is 331 g/mol. The molecule has 3 rings (SSSR count). The Kier molecular flexibility index (Phi) is 5.17. The van der Waals surface area contributed by atoms with Crippen LogP contribution < -0.4 is 10.6 Å². The molecular weight excluding hydrogens is 310 g/mol. The zero-order valence-corrected chi connectivity index (χ0v) is 14.0. The average molecular weight is 331 g/mol. The number of nitrogens with zero attached hydrogens (tertiary/aromatic N) is 3. The molecular formula is C16H21N5OS. The number of hydrogen-bond donors (Lipinski definition) is 2. The van der Waals surface area contributed by atoms with E-state index in [1.165, 1.54) is 4.90 Å². The highest BCUT2D eigenvalue weighted by atomic mass is 32.2. The lowest BCUT2D eigenvalue weighted by Gasteiger charge is -2.13. The van der Waals surface area contributed by atoms with Crippen LogP contribution >= 0.6 is 11.8 Å². The van der Waals surface area contributed by atoms with E-state index in [1.54, 1.807) is 11.8 Å². The van der Waals surface area contributed by atoms with E-state index < -0.39 is 0 Å². The Morgan fingerprint density at radius 3 is 2.96 bits per heavy atom. The van der Waals surface area contributed by atoms with Gasteiger partial charge in [-0.2, -0.15) is 0 Å². The smallest absolute Gasteiger partial charge is 0.315 e. The van der Waals surface area contributed by atoms with Crippen LogP contribution in [0.4, 0.5) is 4.79 Å². The maximum absolute atomic E-state index is 11.9. The van der Waals surface area contributed by atoms with Gasteiger partial charge in [0.2, 0.25) is 0 Å². The molecule has 2 N–H and O–H groups in total. The van der Waals surface area contributed by atoms with Crippen LogP contribution in [-0.2, 0) is 19.5 Å². The number of nitrogens with one attached hydrogen (secondary N) is 2. The van der Waals surface area contributed by atoms with E-state index in [1.807, 2.05) is 18.2 Å². The Balaban J connectivity index is 1.39. The fourth-order valence-electron chi connectivity index (χ4n) is 2.57. The second-order valence-electron chi connectivity index (χ2n) is 5.59. The average Bonchev–Trinajstić information content (AvgIpc) is 3.16. The molecule has 0 fully saturated rings. The van der Waals surface area contributed by atoms with Crippen molar-refractivity contribution in [3.8, 4) is 0 Å². The number of carbonyl (C=O) groups is 1. The first-order chi connectivity index (χ1) is 11.2. The summed E-state index contributed by atoms with van der Waals surface area (Å²) in [7, 11) is 0. The molecule has 0 spiro atoms. The lowest BCUT2D eigenvalue weighted by atomic mass is 10.4. The number of fused-ring (bicyclic) bond motifs is 1. The van der Waals surface area contributed by atoms with Gasteiger partial charge in [-0.15, -0.1) is 22.0 Å². The van der Waals surface area contributed by atoms with Crippen LogP contribution in [0.2, 0.25) is 0 Å². The standard InChI is InChI=1S/C16H21N5OS/c1-12(23-13-6-3-2-4-7-13)10-17-16(22)18-11-15-20-19-14-8-5-9-21(14)15/h2-4,6-7,12H,5,8-11H2,1H3,(H2,17,18,22)/t12-/m1/s1. The highest BCUT2D eigenvalue weighted by Gasteiger charge is 2.17.